The van der Waals surface area contributed by atoms with E-state index >= 15 is 0 Å². The summed E-state index contributed by atoms with van der Waals surface area (Å²) in [5, 5.41) is 2.38. The third kappa shape index (κ3) is 4.20. The van der Waals surface area contributed by atoms with Gasteiger partial charge in [-0.1, -0.05) is 78.9 Å². The van der Waals surface area contributed by atoms with E-state index in [-0.39, 0.29) is 0 Å². The lowest BCUT2D eigenvalue weighted by Crippen LogP contribution is -2.11. The average molecular weight is 523 g/mol. The zero-order valence-corrected chi connectivity index (χ0v) is 21.5. The second kappa shape index (κ2) is 9.83. The van der Waals surface area contributed by atoms with Crippen molar-refractivity contribution >= 4 is 38.9 Å². The van der Waals surface area contributed by atoms with Crippen molar-refractivity contribution in [1.82, 2.24) is 4.57 Å². The Morgan fingerprint density at radius 1 is 0.425 bits per heavy atom. The number of hydrogen-bond acceptors (Lipinski definition) is 1. The van der Waals surface area contributed by atoms with Crippen LogP contribution in [0, 0.1) is 11.6 Å². The van der Waals surface area contributed by atoms with Crippen LogP contribution in [0.5, 0.6) is 0 Å². The van der Waals surface area contributed by atoms with Gasteiger partial charge in [0.25, 0.3) is 0 Å². The molecule has 0 aliphatic rings. The first-order valence-corrected chi connectivity index (χ1v) is 13.2. The molecule has 6 aromatic carbocycles. The van der Waals surface area contributed by atoms with E-state index in [1.807, 2.05) is 71.6 Å². The second-order valence-corrected chi connectivity index (χ2v) is 9.76. The highest BCUT2D eigenvalue weighted by molar-refractivity contribution is 6.09. The molecule has 40 heavy (non-hydrogen) atoms. The molecule has 4 heteroatoms. The Morgan fingerprint density at radius 2 is 0.900 bits per heavy atom. The minimum absolute atomic E-state index is 0.412. The number of hydrogen-bond donors (Lipinski definition) is 0. The number of nitrogens with zero attached hydrogens (tertiary/aromatic N) is 2. The summed E-state index contributed by atoms with van der Waals surface area (Å²) >= 11 is 0. The van der Waals surface area contributed by atoms with Gasteiger partial charge in [-0.3, -0.25) is 0 Å². The summed E-state index contributed by atoms with van der Waals surface area (Å²) in [5.74, 6) is -1.24. The van der Waals surface area contributed by atoms with Crippen molar-refractivity contribution in [2.75, 3.05) is 4.90 Å². The van der Waals surface area contributed by atoms with Gasteiger partial charge in [0.15, 0.2) is 0 Å². The van der Waals surface area contributed by atoms with Gasteiger partial charge in [-0.2, -0.15) is 0 Å². The van der Waals surface area contributed by atoms with Gasteiger partial charge in [0.05, 0.1) is 16.7 Å². The molecule has 0 fully saturated rings. The van der Waals surface area contributed by atoms with Crippen molar-refractivity contribution in [3.63, 3.8) is 0 Å². The summed E-state index contributed by atoms with van der Waals surface area (Å²) in [6, 6.07) is 46.6. The number of fused-ring (bicyclic) bond motifs is 3. The maximum Gasteiger partial charge on any atom is 0.128 e. The maximum atomic E-state index is 14.4. The minimum Gasteiger partial charge on any atom is -0.310 e. The number of anilines is 3. The summed E-state index contributed by atoms with van der Waals surface area (Å²) in [6.07, 6.45) is 0. The molecule has 0 radical (unpaired) electrons. The number of halogens is 2. The van der Waals surface area contributed by atoms with Crippen LogP contribution in [-0.4, -0.2) is 4.57 Å². The molecule has 0 N–H and O–H groups in total. The van der Waals surface area contributed by atoms with Crippen LogP contribution in [0.3, 0.4) is 0 Å². The smallest absolute Gasteiger partial charge is 0.128 e. The average Bonchev–Trinajstić information content (AvgIpc) is 3.33. The lowest BCUT2D eigenvalue weighted by molar-refractivity contribution is 0.584. The Bertz CT molecular complexity index is 1880. The molecule has 1 heterocycles. The Hall–Kier alpha value is -5.22. The molecular formula is C36H24F2N2. The molecule has 7 rings (SSSR count). The monoisotopic (exact) mass is 522 g/mol. The molecule has 0 bridgehead atoms. The van der Waals surface area contributed by atoms with Crippen LogP contribution in [0.25, 0.3) is 38.6 Å². The highest BCUT2D eigenvalue weighted by Crippen LogP contribution is 2.38. The summed E-state index contributed by atoms with van der Waals surface area (Å²) in [7, 11) is 0. The predicted molar refractivity (Wildman–Crippen MR) is 161 cm³/mol. The van der Waals surface area contributed by atoms with Gasteiger partial charge in [-0.25, -0.2) is 8.78 Å². The van der Waals surface area contributed by atoms with Crippen molar-refractivity contribution < 1.29 is 8.78 Å². The summed E-state index contributed by atoms with van der Waals surface area (Å²) < 4.78 is 31.0. The zero-order valence-electron chi connectivity index (χ0n) is 21.5. The third-order valence-electron chi connectivity index (χ3n) is 7.28. The van der Waals surface area contributed by atoms with Crippen molar-refractivity contribution in [2.24, 2.45) is 0 Å². The topological polar surface area (TPSA) is 8.17 Å². The van der Waals surface area contributed by atoms with E-state index in [1.54, 1.807) is 0 Å². The van der Waals surface area contributed by atoms with Gasteiger partial charge in [0, 0.05) is 33.9 Å². The fourth-order valence-electron chi connectivity index (χ4n) is 5.50. The molecule has 0 aliphatic heterocycles. The van der Waals surface area contributed by atoms with E-state index < -0.39 is 11.6 Å². The van der Waals surface area contributed by atoms with Gasteiger partial charge in [0.2, 0.25) is 0 Å². The summed E-state index contributed by atoms with van der Waals surface area (Å²) in [5.41, 5.74) is 7.43. The third-order valence-corrected chi connectivity index (χ3v) is 7.28. The zero-order chi connectivity index (χ0) is 27.1. The fraction of sp³-hybridized carbons (Fsp3) is 0. The molecule has 0 saturated heterocycles. The lowest BCUT2D eigenvalue weighted by Gasteiger charge is -2.26. The van der Waals surface area contributed by atoms with Crippen molar-refractivity contribution in [3.05, 3.63) is 157 Å². The van der Waals surface area contributed by atoms with Gasteiger partial charge in [-0.05, 0) is 71.8 Å². The van der Waals surface area contributed by atoms with Crippen molar-refractivity contribution in [2.45, 2.75) is 0 Å². The molecule has 0 amide bonds. The summed E-state index contributed by atoms with van der Waals surface area (Å²) in [6.45, 7) is 0. The number of benzene rings is 6. The molecule has 192 valence electrons. The summed E-state index contributed by atoms with van der Waals surface area (Å²) in [4.78, 5) is 1.87. The van der Waals surface area contributed by atoms with Crippen molar-refractivity contribution in [1.29, 1.82) is 0 Å². The first-order chi connectivity index (χ1) is 19.7. The standard InChI is InChI=1S/C36H24F2N2/c37-27-22-28(38)24-32(23-27)39(29-16-14-26(15-17-29)25-8-2-1-3-9-25)30-18-20-31(21-19-30)40-35-12-6-4-10-33(35)34-11-5-7-13-36(34)40/h1-24H. The van der Waals surface area contributed by atoms with E-state index in [0.717, 1.165) is 45.3 Å². The van der Waals surface area contributed by atoms with Crippen LogP contribution in [-0.2, 0) is 0 Å². The second-order valence-electron chi connectivity index (χ2n) is 9.76. The van der Waals surface area contributed by atoms with E-state index in [0.29, 0.717) is 5.69 Å². The van der Waals surface area contributed by atoms with E-state index in [4.69, 9.17) is 0 Å². The lowest BCUT2D eigenvalue weighted by atomic mass is 10.0. The number of para-hydroxylation sites is 2. The Labute approximate surface area is 231 Å². The van der Waals surface area contributed by atoms with Crippen LogP contribution >= 0.6 is 0 Å². The fourth-order valence-corrected chi connectivity index (χ4v) is 5.50. The van der Waals surface area contributed by atoms with Crippen LogP contribution in [0.15, 0.2) is 146 Å². The van der Waals surface area contributed by atoms with Gasteiger partial charge >= 0.3 is 0 Å². The van der Waals surface area contributed by atoms with Crippen LogP contribution in [0.4, 0.5) is 25.8 Å². The van der Waals surface area contributed by atoms with Gasteiger partial charge in [-0.15, -0.1) is 0 Å². The molecule has 0 spiro atoms. The van der Waals surface area contributed by atoms with E-state index in [1.165, 1.54) is 22.9 Å². The van der Waals surface area contributed by atoms with E-state index in [2.05, 4.69) is 65.2 Å². The highest BCUT2D eigenvalue weighted by Gasteiger charge is 2.16. The molecule has 2 nitrogen and oxygen atoms in total. The minimum atomic E-state index is -0.622. The Balaban J connectivity index is 1.34. The normalized spacial score (nSPS) is 11.2. The van der Waals surface area contributed by atoms with Crippen LogP contribution in [0.2, 0.25) is 0 Å². The van der Waals surface area contributed by atoms with Gasteiger partial charge < -0.3 is 9.47 Å². The Morgan fingerprint density at radius 3 is 1.48 bits per heavy atom. The quantitative estimate of drug-likeness (QED) is 0.218. The van der Waals surface area contributed by atoms with Gasteiger partial charge in [0.1, 0.15) is 11.6 Å². The largest absolute Gasteiger partial charge is 0.310 e. The molecule has 0 aliphatic carbocycles. The van der Waals surface area contributed by atoms with Crippen LogP contribution < -0.4 is 4.90 Å². The maximum absolute atomic E-state index is 14.4. The molecular weight excluding hydrogens is 498 g/mol. The highest BCUT2D eigenvalue weighted by atomic mass is 19.1. The van der Waals surface area contributed by atoms with E-state index in [9.17, 15) is 8.78 Å². The van der Waals surface area contributed by atoms with Crippen molar-refractivity contribution in [3.8, 4) is 16.8 Å². The molecule has 7 aromatic rings. The van der Waals surface area contributed by atoms with Crippen LogP contribution in [0.1, 0.15) is 0 Å². The number of rotatable bonds is 5. The number of aromatic nitrogens is 1. The SMILES string of the molecule is Fc1cc(F)cc(N(c2ccc(-c3ccccc3)cc2)c2ccc(-n3c4ccccc4c4ccccc43)cc2)c1. The predicted octanol–water partition coefficient (Wildman–Crippen LogP) is 10.2. The molecule has 0 atom stereocenters. The molecule has 0 saturated carbocycles. The molecule has 1 aromatic heterocycles. The molecule has 0 unspecified atom stereocenters. The Kier molecular flexibility index (Phi) is 5.86. The first-order valence-electron chi connectivity index (χ1n) is 13.2. The first kappa shape index (κ1) is 23.9.